The van der Waals surface area contributed by atoms with Gasteiger partial charge in [0, 0.05) is 25.7 Å². The van der Waals surface area contributed by atoms with Crippen LogP contribution in [0.4, 0.5) is 0 Å². The van der Waals surface area contributed by atoms with E-state index in [-0.39, 0.29) is 4.90 Å². The highest BCUT2D eigenvalue weighted by atomic mass is 32.2. The molecule has 1 saturated carbocycles. The molecule has 0 amide bonds. The molecule has 8 heteroatoms. The molecule has 0 unspecified atom stereocenters. The van der Waals surface area contributed by atoms with Gasteiger partial charge in [0.25, 0.3) is 0 Å². The molecular formula is C23H32N4O3S. The van der Waals surface area contributed by atoms with Crippen molar-refractivity contribution in [1.82, 2.24) is 15.4 Å². The predicted molar refractivity (Wildman–Crippen MR) is 124 cm³/mol. The largest absolute Gasteiger partial charge is 0.490 e. The lowest BCUT2D eigenvalue weighted by molar-refractivity contribution is 0.207. The molecule has 31 heavy (non-hydrogen) atoms. The maximum atomic E-state index is 12.0. The fourth-order valence-corrected chi connectivity index (χ4v) is 4.43. The van der Waals surface area contributed by atoms with E-state index in [1.54, 1.807) is 25.2 Å². The summed E-state index contributed by atoms with van der Waals surface area (Å²) in [5.41, 5.74) is 3.11. The van der Waals surface area contributed by atoms with Gasteiger partial charge in [-0.25, -0.2) is 13.1 Å². The normalized spacial score (nSPS) is 15.1. The van der Waals surface area contributed by atoms with E-state index in [1.807, 2.05) is 6.07 Å². The number of sulfonamides is 1. The summed E-state index contributed by atoms with van der Waals surface area (Å²) in [4.78, 5) is 4.52. The Hall–Kier alpha value is -2.58. The molecule has 3 N–H and O–H groups in total. The van der Waals surface area contributed by atoms with E-state index in [2.05, 4.69) is 45.5 Å². The van der Waals surface area contributed by atoms with Crippen LogP contribution in [-0.2, 0) is 23.1 Å². The molecule has 1 aliphatic carbocycles. The summed E-state index contributed by atoms with van der Waals surface area (Å²) in [5.74, 6) is 1.56. The van der Waals surface area contributed by atoms with Gasteiger partial charge in [-0.1, -0.05) is 24.3 Å². The third-order valence-electron chi connectivity index (χ3n) is 5.43. The maximum Gasteiger partial charge on any atom is 0.240 e. The number of guanidine groups is 1. The van der Waals surface area contributed by atoms with Crippen LogP contribution >= 0.6 is 0 Å². The van der Waals surface area contributed by atoms with Crippen molar-refractivity contribution in [1.29, 1.82) is 0 Å². The molecule has 0 aliphatic heterocycles. The van der Waals surface area contributed by atoms with E-state index in [0.29, 0.717) is 25.2 Å². The predicted octanol–water partition coefficient (Wildman–Crippen LogP) is 3.09. The molecular weight excluding hydrogens is 412 g/mol. The summed E-state index contributed by atoms with van der Waals surface area (Å²) < 4.78 is 32.6. The molecule has 7 nitrogen and oxygen atoms in total. The van der Waals surface area contributed by atoms with Gasteiger partial charge in [-0.3, -0.25) is 4.99 Å². The number of benzene rings is 2. The van der Waals surface area contributed by atoms with Gasteiger partial charge in [0.05, 0.1) is 11.0 Å². The molecule has 2 aromatic carbocycles. The van der Waals surface area contributed by atoms with Gasteiger partial charge in [-0.15, -0.1) is 0 Å². The van der Waals surface area contributed by atoms with Crippen molar-refractivity contribution in [2.45, 2.75) is 56.7 Å². The lowest BCUT2D eigenvalue weighted by Crippen LogP contribution is -2.36. The molecule has 0 spiro atoms. The Labute approximate surface area is 185 Å². The molecule has 0 saturated heterocycles. The molecule has 168 valence electrons. The van der Waals surface area contributed by atoms with Crippen molar-refractivity contribution in [2.24, 2.45) is 4.99 Å². The Kier molecular flexibility index (Phi) is 7.92. The van der Waals surface area contributed by atoms with E-state index >= 15 is 0 Å². The number of nitrogens with zero attached hydrogens (tertiary/aromatic N) is 1. The lowest BCUT2D eigenvalue weighted by atomic mass is 10.1. The van der Waals surface area contributed by atoms with Crippen LogP contribution in [0.5, 0.6) is 5.75 Å². The van der Waals surface area contributed by atoms with Crippen molar-refractivity contribution in [2.75, 3.05) is 14.1 Å². The Morgan fingerprint density at radius 3 is 2.55 bits per heavy atom. The van der Waals surface area contributed by atoms with Crippen molar-refractivity contribution in [3.8, 4) is 5.75 Å². The number of aryl methyl sites for hydroxylation is 1. The number of ether oxygens (including phenoxy) is 1. The third kappa shape index (κ3) is 6.45. The summed E-state index contributed by atoms with van der Waals surface area (Å²) in [6.45, 7) is 3.10. The molecule has 2 aromatic rings. The summed E-state index contributed by atoms with van der Waals surface area (Å²) >= 11 is 0. The molecule has 0 radical (unpaired) electrons. The average Bonchev–Trinajstić information content (AvgIpc) is 3.28. The highest BCUT2D eigenvalue weighted by Gasteiger charge is 2.18. The SMILES string of the molecule is CN=C(NCc1cccc(S(=O)(=O)NC)c1)NCc1ccc(C)cc1OC1CCCC1. The van der Waals surface area contributed by atoms with Crippen molar-refractivity contribution in [3.05, 3.63) is 59.2 Å². The standard InChI is InChI=1S/C23H32N4O3S/c1-17-11-12-19(22(13-17)30-20-8-4-5-9-20)16-27-23(24-2)26-15-18-7-6-10-21(14-18)31(28,29)25-3/h6-7,10-14,20,25H,4-5,8-9,15-16H2,1-3H3,(H2,24,26,27). The number of hydrogen-bond acceptors (Lipinski definition) is 4. The summed E-state index contributed by atoms with van der Waals surface area (Å²) in [6.07, 6.45) is 5.01. The second kappa shape index (κ2) is 10.6. The minimum absolute atomic E-state index is 0.241. The average molecular weight is 445 g/mol. The summed E-state index contributed by atoms with van der Waals surface area (Å²) in [5, 5.41) is 6.56. The van der Waals surface area contributed by atoms with Crippen LogP contribution in [0.25, 0.3) is 0 Å². The van der Waals surface area contributed by atoms with Gasteiger partial charge in [0.1, 0.15) is 5.75 Å². The fraction of sp³-hybridized carbons (Fsp3) is 0.435. The van der Waals surface area contributed by atoms with E-state index in [4.69, 9.17) is 4.74 Å². The summed E-state index contributed by atoms with van der Waals surface area (Å²) in [7, 11) is -0.352. The first-order valence-corrected chi connectivity index (χ1v) is 12.1. The Balaban J connectivity index is 1.61. The van der Waals surface area contributed by atoms with E-state index in [1.165, 1.54) is 25.5 Å². The van der Waals surface area contributed by atoms with E-state index < -0.39 is 10.0 Å². The fourth-order valence-electron chi connectivity index (χ4n) is 3.63. The molecule has 3 rings (SSSR count). The zero-order chi connectivity index (χ0) is 22.3. The van der Waals surface area contributed by atoms with E-state index in [9.17, 15) is 8.42 Å². The van der Waals surface area contributed by atoms with Crippen LogP contribution in [0, 0.1) is 6.92 Å². The molecule has 0 heterocycles. The second-order valence-corrected chi connectivity index (χ2v) is 9.66. The molecule has 1 aliphatic rings. The number of rotatable bonds is 8. The van der Waals surface area contributed by atoms with Gasteiger partial charge in [-0.05, 0) is 69.0 Å². The van der Waals surface area contributed by atoms with Gasteiger partial charge in [0.2, 0.25) is 10.0 Å². The van der Waals surface area contributed by atoms with Crippen LogP contribution in [0.1, 0.15) is 42.4 Å². The molecule has 0 aromatic heterocycles. The number of hydrogen-bond donors (Lipinski definition) is 3. The zero-order valence-electron chi connectivity index (χ0n) is 18.4. The first-order chi connectivity index (χ1) is 14.9. The van der Waals surface area contributed by atoms with Gasteiger partial charge >= 0.3 is 0 Å². The smallest absolute Gasteiger partial charge is 0.240 e. The highest BCUT2D eigenvalue weighted by Crippen LogP contribution is 2.27. The highest BCUT2D eigenvalue weighted by molar-refractivity contribution is 7.89. The zero-order valence-corrected chi connectivity index (χ0v) is 19.3. The molecule has 1 fully saturated rings. The van der Waals surface area contributed by atoms with Gasteiger partial charge in [-0.2, -0.15) is 0 Å². The van der Waals surface area contributed by atoms with Crippen molar-refractivity contribution < 1.29 is 13.2 Å². The first kappa shape index (κ1) is 23.1. The van der Waals surface area contributed by atoms with Crippen LogP contribution in [0.15, 0.2) is 52.4 Å². The van der Waals surface area contributed by atoms with Crippen LogP contribution in [0.3, 0.4) is 0 Å². The maximum absolute atomic E-state index is 12.0. The Morgan fingerprint density at radius 1 is 1.10 bits per heavy atom. The molecule has 0 bridgehead atoms. The molecule has 0 atom stereocenters. The monoisotopic (exact) mass is 444 g/mol. The lowest BCUT2D eigenvalue weighted by Gasteiger charge is -2.18. The van der Waals surface area contributed by atoms with Crippen LogP contribution in [-0.4, -0.2) is 34.6 Å². The van der Waals surface area contributed by atoms with Crippen molar-refractivity contribution >= 4 is 16.0 Å². The minimum Gasteiger partial charge on any atom is -0.490 e. The quantitative estimate of drug-likeness (QED) is 0.430. The second-order valence-electron chi connectivity index (χ2n) is 7.77. The Morgan fingerprint density at radius 2 is 1.84 bits per heavy atom. The number of aliphatic imine (C=N–C) groups is 1. The third-order valence-corrected chi connectivity index (χ3v) is 6.84. The minimum atomic E-state index is -3.47. The van der Waals surface area contributed by atoms with Crippen LogP contribution < -0.4 is 20.1 Å². The first-order valence-electron chi connectivity index (χ1n) is 10.6. The van der Waals surface area contributed by atoms with Crippen molar-refractivity contribution in [3.63, 3.8) is 0 Å². The Bertz CT molecular complexity index is 1020. The number of nitrogens with one attached hydrogen (secondary N) is 3. The van der Waals surface area contributed by atoms with Gasteiger partial charge < -0.3 is 15.4 Å². The van der Waals surface area contributed by atoms with Crippen LogP contribution in [0.2, 0.25) is 0 Å². The summed E-state index contributed by atoms with van der Waals surface area (Å²) in [6, 6.07) is 13.1. The van der Waals surface area contributed by atoms with Gasteiger partial charge in [0.15, 0.2) is 5.96 Å². The van der Waals surface area contributed by atoms with E-state index in [0.717, 1.165) is 29.7 Å². The topological polar surface area (TPSA) is 91.8 Å².